The van der Waals surface area contributed by atoms with Crippen LogP contribution in [0.15, 0.2) is 97.1 Å². The van der Waals surface area contributed by atoms with Crippen molar-refractivity contribution in [3.05, 3.63) is 97.1 Å². The Morgan fingerprint density at radius 3 is 0.852 bits per heavy atom. The van der Waals surface area contributed by atoms with E-state index in [4.69, 9.17) is 0 Å². The van der Waals surface area contributed by atoms with Gasteiger partial charge in [-0.25, -0.2) is 0 Å². The van der Waals surface area contributed by atoms with Crippen molar-refractivity contribution in [2.24, 2.45) is 0 Å². The van der Waals surface area contributed by atoms with E-state index in [9.17, 15) is 0 Å². The van der Waals surface area contributed by atoms with Gasteiger partial charge in [0.15, 0.2) is 0 Å². The number of halogens is 2. The molecule has 0 fully saturated rings. The average Bonchev–Trinajstić information content (AvgIpc) is 3.06. The molecule has 6 rings (SSSR count). The molecule has 0 saturated heterocycles. The van der Waals surface area contributed by atoms with Gasteiger partial charge < -0.3 is 0 Å². The van der Waals surface area contributed by atoms with Gasteiger partial charge in [-0.1, -0.05) is 0 Å². The Balaban J connectivity index is 2.02. The Morgan fingerprint density at radius 1 is 0.370 bits per heavy atom. The molecule has 3 heteroatoms. The molecule has 0 saturated carbocycles. The molecule has 0 radical (unpaired) electrons. The molecular formula is C24H16F2Se. The van der Waals surface area contributed by atoms with Crippen molar-refractivity contribution in [1.82, 2.24) is 0 Å². The minimum atomic E-state index is -6.93. The molecule has 27 heavy (non-hydrogen) atoms. The van der Waals surface area contributed by atoms with Gasteiger partial charge in [0.2, 0.25) is 0 Å². The standard InChI is InChI=1S/C24H16F2Se/c25-27(26,21-13-5-1-9-17(21)18-10-2-6-14-22(18)27)23-15-7-3-11-19(23)20-12-4-8-16-24(20)27/h1-16H. The molecule has 0 N–H and O–H groups in total. The fraction of sp³-hybridized carbons (Fsp3) is 0. The maximum atomic E-state index is 18.4. The van der Waals surface area contributed by atoms with Crippen molar-refractivity contribution in [3.8, 4) is 22.3 Å². The number of fused-ring (bicyclic) bond motifs is 10. The number of rotatable bonds is 0. The van der Waals surface area contributed by atoms with Gasteiger partial charge in [0.1, 0.15) is 0 Å². The van der Waals surface area contributed by atoms with E-state index in [-0.39, 0.29) is 17.8 Å². The van der Waals surface area contributed by atoms with Crippen molar-refractivity contribution in [1.29, 1.82) is 0 Å². The van der Waals surface area contributed by atoms with E-state index in [1.165, 1.54) is 0 Å². The van der Waals surface area contributed by atoms with Gasteiger partial charge in [-0.3, -0.25) is 0 Å². The van der Waals surface area contributed by atoms with E-state index >= 15 is 7.10 Å². The Labute approximate surface area is 156 Å². The van der Waals surface area contributed by atoms with E-state index in [0.717, 1.165) is 0 Å². The van der Waals surface area contributed by atoms with E-state index in [0.29, 0.717) is 22.3 Å². The zero-order valence-electron chi connectivity index (χ0n) is 14.4. The molecule has 132 valence electrons. The van der Waals surface area contributed by atoms with Crippen LogP contribution in [0.5, 0.6) is 0 Å². The summed E-state index contributed by atoms with van der Waals surface area (Å²) < 4.78 is 37.6. The molecule has 0 nitrogen and oxygen atoms in total. The van der Waals surface area contributed by atoms with Gasteiger partial charge in [-0.2, -0.15) is 0 Å². The second kappa shape index (κ2) is 4.22. The van der Waals surface area contributed by atoms with Crippen LogP contribution in [0.25, 0.3) is 22.3 Å². The first kappa shape index (κ1) is 15.3. The third-order valence-corrected chi connectivity index (χ3v) is 17.4. The van der Waals surface area contributed by atoms with Gasteiger partial charge in [-0.05, 0) is 0 Å². The van der Waals surface area contributed by atoms with E-state index in [1.54, 1.807) is 48.5 Å². The Bertz CT molecular complexity index is 1100. The molecule has 2 aliphatic rings. The third-order valence-electron chi connectivity index (χ3n) is 6.11. The van der Waals surface area contributed by atoms with Crippen LogP contribution < -0.4 is 17.8 Å². The molecule has 0 amide bonds. The summed E-state index contributed by atoms with van der Waals surface area (Å²) in [6, 6.07) is 28.4. The van der Waals surface area contributed by atoms with Crippen molar-refractivity contribution < 1.29 is 7.10 Å². The summed E-state index contributed by atoms with van der Waals surface area (Å²) in [4.78, 5) is 0. The van der Waals surface area contributed by atoms with Crippen LogP contribution in [0, 0.1) is 0 Å². The van der Waals surface area contributed by atoms with Crippen LogP contribution in [-0.4, -0.2) is 11.6 Å². The van der Waals surface area contributed by atoms with Crippen LogP contribution >= 0.6 is 0 Å². The zero-order valence-corrected chi connectivity index (χ0v) is 16.1. The summed E-state index contributed by atoms with van der Waals surface area (Å²) in [5.74, 6) is 0. The Kier molecular flexibility index (Phi) is 2.40. The van der Waals surface area contributed by atoms with Crippen LogP contribution in [0.2, 0.25) is 0 Å². The number of hydrogen-bond donors (Lipinski definition) is 0. The zero-order chi connectivity index (χ0) is 18.3. The van der Waals surface area contributed by atoms with Gasteiger partial charge in [0.05, 0.1) is 0 Å². The molecule has 2 aliphatic heterocycles. The molecule has 0 atom stereocenters. The summed E-state index contributed by atoms with van der Waals surface area (Å²) >= 11 is -6.93. The topological polar surface area (TPSA) is 0 Å². The molecule has 0 aromatic heterocycles. The first-order valence-corrected chi connectivity index (χ1v) is 13.7. The van der Waals surface area contributed by atoms with Crippen molar-refractivity contribution >= 4 is 29.5 Å². The monoisotopic (exact) mass is 422 g/mol. The molecule has 2 heterocycles. The minimum absolute atomic E-state index is 0.212. The summed E-state index contributed by atoms with van der Waals surface area (Å²) in [6.45, 7) is 0. The molecule has 0 unspecified atom stereocenters. The summed E-state index contributed by atoms with van der Waals surface area (Å²) in [7, 11) is 0. The van der Waals surface area contributed by atoms with Crippen LogP contribution in [-0.2, 0) is 0 Å². The first-order valence-electron chi connectivity index (χ1n) is 8.93. The predicted octanol–water partition coefficient (Wildman–Crippen LogP) is 3.87. The van der Waals surface area contributed by atoms with Crippen molar-refractivity contribution in [2.75, 3.05) is 0 Å². The average molecular weight is 421 g/mol. The fourth-order valence-corrected chi connectivity index (χ4v) is 16.9. The molecule has 1 spiro atoms. The normalized spacial score (nSPS) is 21.0. The molecule has 0 aliphatic carbocycles. The first-order chi connectivity index (χ1) is 13.0. The van der Waals surface area contributed by atoms with Gasteiger partial charge in [0, 0.05) is 0 Å². The van der Waals surface area contributed by atoms with Crippen LogP contribution in [0.1, 0.15) is 0 Å². The number of benzene rings is 4. The molecular weight excluding hydrogens is 405 g/mol. The third kappa shape index (κ3) is 1.32. The van der Waals surface area contributed by atoms with Crippen LogP contribution in [0.3, 0.4) is 0 Å². The second-order valence-electron chi connectivity index (χ2n) is 7.27. The number of hydrogen-bond acceptors (Lipinski definition) is 0. The summed E-state index contributed by atoms with van der Waals surface area (Å²) in [6.07, 6.45) is 0. The van der Waals surface area contributed by atoms with Gasteiger partial charge in [-0.15, -0.1) is 0 Å². The Morgan fingerprint density at radius 2 is 0.593 bits per heavy atom. The molecule has 4 aromatic carbocycles. The van der Waals surface area contributed by atoms with Gasteiger partial charge >= 0.3 is 156 Å². The Hall–Kier alpha value is -2.74. The summed E-state index contributed by atoms with van der Waals surface area (Å²) in [5.41, 5.74) is 2.67. The molecule has 0 bridgehead atoms. The van der Waals surface area contributed by atoms with Gasteiger partial charge in [0.25, 0.3) is 0 Å². The van der Waals surface area contributed by atoms with E-state index in [2.05, 4.69) is 0 Å². The fourth-order valence-electron chi connectivity index (χ4n) is 5.07. The van der Waals surface area contributed by atoms with Crippen molar-refractivity contribution in [3.63, 3.8) is 0 Å². The van der Waals surface area contributed by atoms with Crippen LogP contribution in [0.4, 0.5) is 7.10 Å². The maximum absolute atomic E-state index is 18.4. The van der Waals surface area contributed by atoms with E-state index < -0.39 is 11.6 Å². The summed E-state index contributed by atoms with van der Waals surface area (Å²) in [5, 5.41) is 0. The van der Waals surface area contributed by atoms with Crippen molar-refractivity contribution in [2.45, 2.75) is 0 Å². The quantitative estimate of drug-likeness (QED) is 0.379. The molecule has 4 aromatic rings. The van der Waals surface area contributed by atoms with E-state index in [1.807, 2.05) is 48.5 Å². The SMILES string of the molecule is F[Se]12(F)(c3ccccc3-c3ccccc31)c1ccccc1-c1ccccc12. The predicted molar refractivity (Wildman–Crippen MR) is 110 cm³/mol. The second-order valence-corrected chi connectivity index (χ2v) is 16.4.